The Kier molecular flexibility index (Phi) is 4.78. The van der Waals surface area contributed by atoms with Crippen molar-refractivity contribution in [1.29, 1.82) is 0 Å². The van der Waals surface area contributed by atoms with Gasteiger partial charge in [-0.1, -0.05) is 29.8 Å². The standard InChI is InChI=1S/C17H13ClF3NOS/c18-14-6-2-4-12(10-14)16-22(7-8-24-16)15(23)11-3-1-5-13(9-11)17(19,20)21/h1-6,9-10,16H,7-8H2/t16-/m1/s1. The molecule has 0 aliphatic carbocycles. The summed E-state index contributed by atoms with van der Waals surface area (Å²) in [4.78, 5) is 14.3. The van der Waals surface area contributed by atoms with E-state index in [0.717, 1.165) is 23.4 Å². The molecule has 0 aromatic heterocycles. The van der Waals surface area contributed by atoms with E-state index in [9.17, 15) is 18.0 Å². The molecule has 3 rings (SSSR count). The normalized spacial score (nSPS) is 18.0. The lowest BCUT2D eigenvalue weighted by Gasteiger charge is -2.24. The molecule has 0 bridgehead atoms. The molecule has 24 heavy (non-hydrogen) atoms. The highest BCUT2D eigenvalue weighted by molar-refractivity contribution is 7.99. The first-order chi connectivity index (χ1) is 11.4. The number of hydrogen-bond donors (Lipinski definition) is 0. The van der Waals surface area contributed by atoms with Crippen molar-refractivity contribution in [3.05, 3.63) is 70.2 Å². The number of alkyl halides is 3. The van der Waals surface area contributed by atoms with Gasteiger partial charge in [-0.05, 0) is 35.9 Å². The van der Waals surface area contributed by atoms with Crippen LogP contribution in [0.15, 0.2) is 48.5 Å². The zero-order valence-electron chi connectivity index (χ0n) is 12.4. The van der Waals surface area contributed by atoms with Crippen molar-refractivity contribution < 1.29 is 18.0 Å². The van der Waals surface area contributed by atoms with Crippen LogP contribution < -0.4 is 0 Å². The first-order valence-corrected chi connectivity index (χ1v) is 8.64. The average molecular weight is 372 g/mol. The molecule has 1 atom stereocenters. The maximum atomic E-state index is 12.9. The van der Waals surface area contributed by atoms with Gasteiger partial charge in [0.1, 0.15) is 5.37 Å². The highest BCUT2D eigenvalue weighted by Crippen LogP contribution is 2.39. The van der Waals surface area contributed by atoms with E-state index < -0.39 is 17.6 Å². The molecule has 7 heteroatoms. The van der Waals surface area contributed by atoms with E-state index in [0.29, 0.717) is 11.6 Å². The molecule has 0 radical (unpaired) electrons. The maximum absolute atomic E-state index is 12.9. The van der Waals surface area contributed by atoms with Crippen LogP contribution in [0.1, 0.15) is 26.9 Å². The number of nitrogens with zero attached hydrogens (tertiary/aromatic N) is 1. The van der Waals surface area contributed by atoms with Gasteiger partial charge < -0.3 is 4.90 Å². The van der Waals surface area contributed by atoms with E-state index in [4.69, 9.17) is 11.6 Å². The molecule has 2 aromatic rings. The summed E-state index contributed by atoms with van der Waals surface area (Å²) in [6.45, 7) is 0.483. The summed E-state index contributed by atoms with van der Waals surface area (Å²) in [7, 11) is 0. The fourth-order valence-corrected chi connectivity index (χ4v) is 4.05. The molecule has 0 saturated carbocycles. The minimum Gasteiger partial charge on any atom is -0.322 e. The molecule has 1 aliphatic rings. The van der Waals surface area contributed by atoms with Crippen LogP contribution >= 0.6 is 23.4 Å². The highest BCUT2D eigenvalue weighted by Gasteiger charge is 2.34. The van der Waals surface area contributed by atoms with Crippen molar-refractivity contribution >= 4 is 29.3 Å². The maximum Gasteiger partial charge on any atom is 0.416 e. The predicted octanol–water partition coefficient (Wildman–Crippen LogP) is 5.25. The first kappa shape index (κ1) is 17.2. The minimum absolute atomic E-state index is 0.0411. The van der Waals surface area contributed by atoms with E-state index in [2.05, 4.69) is 0 Å². The molecule has 0 N–H and O–H groups in total. The van der Waals surface area contributed by atoms with Crippen molar-refractivity contribution in [3.63, 3.8) is 0 Å². The molecular weight excluding hydrogens is 359 g/mol. The molecule has 1 fully saturated rings. The molecule has 0 spiro atoms. The van der Waals surface area contributed by atoms with Crippen LogP contribution in [0.25, 0.3) is 0 Å². The van der Waals surface area contributed by atoms with Crippen molar-refractivity contribution in [1.82, 2.24) is 4.90 Å². The van der Waals surface area contributed by atoms with Crippen LogP contribution in [0.2, 0.25) is 5.02 Å². The predicted molar refractivity (Wildman–Crippen MR) is 89.1 cm³/mol. The van der Waals surface area contributed by atoms with Crippen LogP contribution in [-0.4, -0.2) is 23.1 Å². The Labute approximate surface area is 146 Å². The smallest absolute Gasteiger partial charge is 0.322 e. The van der Waals surface area contributed by atoms with E-state index in [-0.39, 0.29) is 10.9 Å². The summed E-state index contributed by atoms with van der Waals surface area (Å²) in [5, 5.41) is 0.317. The van der Waals surface area contributed by atoms with Gasteiger partial charge >= 0.3 is 6.18 Å². The third-order valence-corrected chi connectivity index (χ3v) is 5.22. The average Bonchev–Trinajstić information content (AvgIpc) is 3.03. The third-order valence-electron chi connectivity index (χ3n) is 3.72. The van der Waals surface area contributed by atoms with E-state index in [1.54, 1.807) is 34.9 Å². The minimum atomic E-state index is -4.47. The molecule has 1 heterocycles. The van der Waals surface area contributed by atoms with Crippen LogP contribution in [0.5, 0.6) is 0 Å². The van der Waals surface area contributed by atoms with E-state index in [1.807, 2.05) is 6.07 Å². The van der Waals surface area contributed by atoms with Gasteiger partial charge in [-0.3, -0.25) is 4.79 Å². The van der Waals surface area contributed by atoms with Gasteiger partial charge in [-0.25, -0.2) is 0 Å². The van der Waals surface area contributed by atoms with E-state index in [1.165, 1.54) is 12.1 Å². The Morgan fingerprint density at radius 2 is 1.92 bits per heavy atom. The fourth-order valence-electron chi connectivity index (χ4n) is 2.61. The molecule has 1 aliphatic heterocycles. The second kappa shape index (κ2) is 6.69. The summed E-state index contributed by atoms with van der Waals surface area (Å²) >= 11 is 7.57. The Bertz CT molecular complexity index is 765. The molecule has 0 unspecified atom stereocenters. The molecule has 2 nitrogen and oxygen atoms in total. The van der Waals surface area contributed by atoms with Gasteiger partial charge in [0.2, 0.25) is 0 Å². The van der Waals surface area contributed by atoms with Gasteiger partial charge in [0.25, 0.3) is 5.91 Å². The number of benzene rings is 2. The Balaban J connectivity index is 1.89. The number of halogens is 4. The summed E-state index contributed by atoms with van der Waals surface area (Å²) in [5.41, 5.74) is 0.0872. The zero-order chi connectivity index (χ0) is 17.3. The molecule has 2 aromatic carbocycles. The molecule has 126 valence electrons. The highest BCUT2D eigenvalue weighted by atomic mass is 35.5. The van der Waals surface area contributed by atoms with Crippen LogP contribution in [0.3, 0.4) is 0 Å². The zero-order valence-corrected chi connectivity index (χ0v) is 14.0. The van der Waals surface area contributed by atoms with Crippen molar-refractivity contribution in [3.8, 4) is 0 Å². The topological polar surface area (TPSA) is 20.3 Å². The number of amides is 1. The van der Waals surface area contributed by atoms with Crippen molar-refractivity contribution in [2.24, 2.45) is 0 Å². The Morgan fingerprint density at radius 1 is 1.17 bits per heavy atom. The van der Waals surface area contributed by atoms with Crippen LogP contribution in [0.4, 0.5) is 13.2 Å². The molecular formula is C17H13ClF3NOS. The van der Waals surface area contributed by atoms with Gasteiger partial charge in [-0.2, -0.15) is 13.2 Å². The van der Waals surface area contributed by atoms with Gasteiger partial charge in [-0.15, -0.1) is 11.8 Å². The number of hydrogen-bond acceptors (Lipinski definition) is 2. The second-order valence-electron chi connectivity index (χ2n) is 5.36. The Hall–Kier alpha value is -1.66. The van der Waals surface area contributed by atoms with Crippen LogP contribution in [-0.2, 0) is 6.18 Å². The second-order valence-corrected chi connectivity index (χ2v) is 6.98. The van der Waals surface area contributed by atoms with Crippen molar-refractivity contribution in [2.45, 2.75) is 11.6 Å². The third kappa shape index (κ3) is 3.54. The quantitative estimate of drug-likeness (QED) is 0.719. The largest absolute Gasteiger partial charge is 0.416 e. The fraction of sp³-hybridized carbons (Fsp3) is 0.235. The number of thioether (sulfide) groups is 1. The summed E-state index contributed by atoms with van der Waals surface area (Å²) < 4.78 is 38.6. The van der Waals surface area contributed by atoms with Gasteiger partial charge in [0, 0.05) is 22.9 Å². The Morgan fingerprint density at radius 3 is 2.62 bits per heavy atom. The molecule has 1 amide bonds. The van der Waals surface area contributed by atoms with Crippen molar-refractivity contribution in [2.75, 3.05) is 12.3 Å². The molecule has 1 saturated heterocycles. The summed E-state index contributed by atoms with van der Waals surface area (Å²) in [6, 6.07) is 11.7. The lowest BCUT2D eigenvalue weighted by Crippen LogP contribution is -2.30. The van der Waals surface area contributed by atoms with Gasteiger partial charge in [0.15, 0.2) is 0 Å². The SMILES string of the molecule is O=C(c1cccc(C(F)(F)F)c1)N1CCS[C@@H]1c1cccc(Cl)c1. The lowest BCUT2D eigenvalue weighted by atomic mass is 10.1. The summed E-state index contributed by atoms with van der Waals surface area (Å²) in [5.74, 6) is 0.318. The number of rotatable bonds is 2. The monoisotopic (exact) mass is 371 g/mol. The number of carbonyl (C=O) groups excluding carboxylic acids is 1. The van der Waals surface area contributed by atoms with Gasteiger partial charge in [0.05, 0.1) is 5.56 Å². The van der Waals surface area contributed by atoms with Crippen LogP contribution in [0, 0.1) is 0 Å². The van der Waals surface area contributed by atoms with E-state index >= 15 is 0 Å². The number of carbonyl (C=O) groups is 1. The lowest BCUT2D eigenvalue weighted by molar-refractivity contribution is -0.137. The first-order valence-electron chi connectivity index (χ1n) is 7.21. The summed E-state index contributed by atoms with van der Waals surface area (Å²) in [6.07, 6.45) is -4.47.